The van der Waals surface area contributed by atoms with Crippen LogP contribution in [0, 0.1) is 0 Å². The SMILES string of the molecule is CCOc1c(Cl)cc(C(=O)OCC(=O)Nc2ccc(Cl)cc2)cc1OC. The maximum absolute atomic E-state index is 12.2. The second kappa shape index (κ2) is 9.31. The molecule has 0 radical (unpaired) electrons. The Morgan fingerprint density at radius 1 is 1.12 bits per heavy atom. The van der Waals surface area contributed by atoms with Gasteiger partial charge in [-0.3, -0.25) is 4.79 Å². The van der Waals surface area contributed by atoms with E-state index < -0.39 is 18.5 Å². The molecule has 0 spiro atoms. The van der Waals surface area contributed by atoms with E-state index in [1.807, 2.05) is 0 Å². The Morgan fingerprint density at radius 3 is 2.42 bits per heavy atom. The molecule has 8 heteroatoms. The van der Waals surface area contributed by atoms with Crippen LogP contribution in [0.15, 0.2) is 36.4 Å². The Kier molecular flexibility index (Phi) is 7.12. The summed E-state index contributed by atoms with van der Waals surface area (Å²) >= 11 is 11.9. The minimum Gasteiger partial charge on any atom is -0.493 e. The number of esters is 1. The van der Waals surface area contributed by atoms with Gasteiger partial charge in [0.25, 0.3) is 5.91 Å². The number of benzene rings is 2. The molecular weight excluding hydrogens is 381 g/mol. The van der Waals surface area contributed by atoms with E-state index >= 15 is 0 Å². The summed E-state index contributed by atoms with van der Waals surface area (Å²) < 4.78 is 15.6. The van der Waals surface area contributed by atoms with Gasteiger partial charge in [0.1, 0.15) is 0 Å². The number of carbonyl (C=O) groups excluding carboxylic acids is 2. The molecule has 1 amide bonds. The van der Waals surface area contributed by atoms with Crippen molar-refractivity contribution in [2.45, 2.75) is 6.92 Å². The van der Waals surface area contributed by atoms with Crippen LogP contribution in [0.2, 0.25) is 10.0 Å². The molecule has 0 saturated carbocycles. The van der Waals surface area contributed by atoms with E-state index in [0.717, 1.165) is 0 Å². The average Bonchev–Trinajstić information content (AvgIpc) is 2.63. The predicted molar refractivity (Wildman–Crippen MR) is 99.5 cm³/mol. The predicted octanol–water partition coefficient (Wildman–Crippen LogP) is 4.20. The number of nitrogens with one attached hydrogen (secondary N) is 1. The zero-order chi connectivity index (χ0) is 19.1. The van der Waals surface area contributed by atoms with Crippen LogP contribution in [0.4, 0.5) is 5.69 Å². The van der Waals surface area contributed by atoms with Crippen molar-refractivity contribution in [3.63, 3.8) is 0 Å². The van der Waals surface area contributed by atoms with E-state index in [1.54, 1.807) is 31.2 Å². The summed E-state index contributed by atoms with van der Waals surface area (Å²) in [6, 6.07) is 9.39. The number of rotatable bonds is 7. The lowest BCUT2D eigenvalue weighted by Gasteiger charge is -2.13. The van der Waals surface area contributed by atoms with Gasteiger partial charge in [0.15, 0.2) is 18.1 Å². The maximum Gasteiger partial charge on any atom is 0.338 e. The molecule has 0 saturated heterocycles. The highest BCUT2D eigenvalue weighted by Gasteiger charge is 2.17. The summed E-state index contributed by atoms with van der Waals surface area (Å²) in [5, 5.41) is 3.35. The van der Waals surface area contributed by atoms with Gasteiger partial charge in [0.05, 0.1) is 24.3 Å². The molecule has 0 fully saturated rings. The van der Waals surface area contributed by atoms with E-state index in [2.05, 4.69) is 5.32 Å². The quantitative estimate of drug-likeness (QED) is 0.708. The second-order valence-electron chi connectivity index (χ2n) is 5.05. The fourth-order valence-corrected chi connectivity index (χ4v) is 2.46. The average molecular weight is 398 g/mol. The van der Waals surface area contributed by atoms with Gasteiger partial charge in [-0.15, -0.1) is 0 Å². The van der Waals surface area contributed by atoms with Crippen molar-refractivity contribution in [1.29, 1.82) is 0 Å². The molecule has 0 unspecified atom stereocenters. The van der Waals surface area contributed by atoms with Crippen molar-refractivity contribution < 1.29 is 23.8 Å². The number of hydrogen-bond acceptors (Lipinski definition) is 5. The number of amides is 1. The first-order valence-corrected chi connectivity index (χ1v) is 8.43. The topological polar surface area (TPSA) is 73.9 Å². The molecule has 2 aromatic carbocycles. The van der Waals surface area contributed by atoms with Gasteiger partial charge in [0.2, 0.25) is 0 Å². The summed E-state index contributed by atoms with van der Waals surface area (Å²) in [4.78, 5) is 24.0. The molecule has 2 aromatic rings. The molecule has 138 valence electrons. The Balaban J connectivity index is 1.99. The molecule has 1 N–H and O–H groups in total. The van der Waals surface area contributed by atoms with E-state index in [-0.39, 0.29) is 10.6 Å². The first kappa shape index (κ1) is 19.9. The number of hydrogen-bond donors (Lipinski definition) is 1. The summed E-state index contributed by atoms with van der Waals surface area (Å²) in [5.74, 6) is -0.546. The largest absolute Gasteiger partial charge is 0.493 e. The van der Waals surface area contributed by atoms with Crippen molar-refractivity contribution in [3.8, 4) is 11.5 Å². The third-order valence-electron chi connectivity index (χ3n) is 3.22. The van der Waals surface area contributed by atoms with Gasteiger partial charge in [0, 0.05) is 10.7 Å². The van der Waals surface area contributed by atoms with Gasteiger partial charge in [-0.05, 0) is 43.3 Å². The van der Waals surface area contributed by atoms with Crippen molar-refractivity contribution in [2.75, 3.05) is 25.6 Å². The van der Waals surface area contributed by atoms with Crippen LogP contribution in [0.5, 0.6) is 11.5 Å². The van der Waals surface area contributed by atoms with Crippen molar-refractivity contribution in [1.82, 2.24) is 0 Å². The fraction of sp³-hybridized carbons (Fsp3) is 0.222. The van der Waals surface area contributed by atoms with Crippen LogP contribution in [0.3, 0.4) is 0 Å². The molecule has 0 aromatic heterocycles. The highest BCUT2D eigenvalue weighted by molar-refractivity contribution is 6.32. The highest BCUT2D eigenvalue weighted by atomic mass is 35.5. The lowest BCUT2D eigenvalue weighted by Crippen LogP contribution is -2.21. The third kappa shape index (κ3) is 5.28. The Bertz CT molecular complexity index is 793. The van der Waals surface area contributed by atoms with Crippen LogP contribution < -0.4 is 14.8 Å². The lowest BCUT2D eigenvalue weighted by molar-refractivity contribution is -0.119. The summed E-state index contributed by atoms with van der Waals surface area (Å²) in [6.07, 6.45) is 0. The second-order valence-corrected chi connectivity index (χ2v) is 5.90. The fourth-order valence-electron chi connectivity index (χ4n) is 2.07. The molecule has 0 aliphatic rings. The first-order valence-electron chi connectivity index (χ1n) is 7.67. The van der Waals surface area contributed by atoms with Gasteiger partial charge in [-0.2, -0.15) is 0 Å². The number of methoxy groups -OCH3 is 1. The lowest BCUT2D eigenvalue weighted by atomic mass is 10.2. The summed E-state index contributed by atoms with van der Waals surface area (Å²) in [6.45, 7) is 1.75. The van der Waals surface area contributed by atoms with Gasteiger partial charge < -0.3 is 19.5 Å². The smallest absolute Gasteiger partial charge is 0.338 e. The number of anilines is 1. The van der Waals surface area contributed by atoms with E-state index in [4.69, 9.17) is 37.4 Å². The third-order valence-corrected chi connectivity index (χ3v) is 3.75. The Labute approximate surface area is 160 Å². The van der Waals surface area contributed by atoms with E-state index in [1.165, 1.54) is 19.2 Å². The summed E-state index contributed by atoms with van der Waals surface area (Å²) in [7, 11) is 1.43. The molecule has 0 atom stereocenters. The molecule has 0 aliphatic carbocycles. The maximum atomic E-state index is 12.2. The molecule has 2 rings (SSSR count). The Hall–Kier alpha value is -2.44. The standard InChI is InChI=1S/C18H17Cl2NO5/c1-3-25-17-14(20)8-11(9-15(17)24-2)18(23)26-10-16(22)21-13-6-4-12(19)5-7-13/h4-9H,3,10H2,1-2H3,(H,21,22). The molecule has 6 nitrogen and oxygen atoms in total. The molecule has 0 aliphatic heterocycles. The van der Waals surface area contributed by atoms with Crippen molar-refractivity contribution in [3.05, 3.63) is 52.0 Å². The normalized spacial score (nSPS) is 10.2. The van der Waals surface area contributed by atoms with Crippen LogP contribution in [0.1, 0.15) is 17.3 Å². The van der Waals surface area contributed by atoms with Crippen LogP contribution in [-0.2, 0) is 9.53 Å². The minimum atomic E-state index is -0.709. The van der Waals surface area contributed by atoms with Gasteiger partial charge in [-0.1, -0.05) is 23.2 Å². The van der Waals surface area contributed by atoms with Crippen LogP contribution in [-0.4, -0.2) is 32.2 Å². The first-order chi connectivity index (χ1) is 12.4. The zero-order valence-electron chi connectivity index (χ0n) is 14.2. The van der Waals surface area contributed by atoms with Crippen molar-refractivity contribution >= 4 is 40.8 Å². The van der Waals surface area contributed by atoms with Gasteiger partial charge in [-0.25, -0.2) is 4.79 Å². The zero-order valence-corrected chi connectivity index (χ0v) is 15.7. The van der Waals surface area contributed by atoms with Crippen molar-refractivity contribution in [2.24, 2.45) is 0 Å². The van der Waals surface area contributed by atoms with E-state index in [0.29, 0.717) is 28.8 Å². The summed E-state index contributed by atoms with van der Waals surface area (Å²) in [5.41, 5.74) is 0.691. The number of halogens is 2. The molecule has 0 bridgehead atoms. The van der Waals surface area contributed by atoms with E-state index in [9.17, 15) is 9.59 Å². The monoisotopic (exact) mass is 397 g/mol. The molecule has 26 heavy (non-hydrogen) atoms. The van der Waals surface area contributed by atoms with Gasteiger partial charge >= 0.3 is 5.97 Å². The van der Waals surface area contributed by atoms with Crippen LogP contribution in [0.25, 0.3) is 0 Å². The minimum absolute atomic E-state index is 0.148. The highest BCUT2D eigenvalue weighted by Crippen LogP contribution is 2.36. The number of ether oxygens (including phenoxy) is 3. The number of carbonyl (C=O) groups is 2. The van der Waals surface area contributed by atoms with Crippen LogP contribution >= 0.6 is 23.2 Å². The Morgan fingerprint density at radius 2 is 1.81 bits per heavy atom. The molecular formula is C18H17Cl2NO5. The molecule has 0 heterocycles.